The number of amides is 2. The second-order valence-electron chi connectivity index (χ2n) is 8.94. The normalized spacial score (nSPS) is 13.4. The van der Waals surface area contributed by atoms with Gasteiger partial charge < -0.3 is 4.98 Å². The van der Waals surface area contributed by atoms with Crippen molar-refractivity contribution in [2.75, 3.05) is 4.90 Å². The van der Waals surface area contributed by atoms with E-state index in [1.54, 1.807) is 6.07 Å². The molecule has 2 heterocycles. The SMILES string of the molecule is Cc1cc(C)c(N2C(=O)c3cccc(-c4ccc(Br)c5c4[nH]c4ccccc45)c3C2=O)c(C)c1. The van der Waals surface area contributed by atoms with Crippen LogP contribution in [-0.4, -0.2) is 16.8 Å². The molecule has 0 bridgehead atoms. The highest BCUT2D eigenvalue weighted by molar-refractivity contribution is 9.10. The molecule has 4 nitrogen and oxygen atoms in total. The van der Waals surface area contributed by atoms with Crippen LogP contribution in [-0.2, 0) is 0 Å². The lowest BCUT2D eigenvalue weighted by Gasteiger charge is -2.20. The Hall–Kier alpha value is -3.70. The van der Waals surface area contributed by atoms with Crippen LogP contribution in [0.3, 0.4) is 0 Å². The van der Waals surface area contributed by atoms with E-state index >= 15 is 0 Å². The molecular formula is C29H21BrN2O2. The lowest BCUT2D eigenvalue weighted by atomic mass is 9.95. The Kier molecular flexibility index (Phi) is 4.55. The molecule has 0 radical (unpaired) electrons. The van der Waals surface area contributed by atoms with E-state index in [2.05, 4.69) is 27.0 Å². The number of nitrogens with one attached hydrogen (secondary N) is 1. The highest BCUT2D eigenvalue weighted by atomic mass is 79.9. The van der Waals surface area contributed by atoms with Crippen LogP contribution in [0.1, 0.15) is 37.4 Å². The van der Waals surface area contributed by atoms with E-state index in [1.165, 1.54) is 4.90 Å². The van der Waals surface area contributed by atoms with Gasteiger partial charge in [-0.25, -0.2) is 4.90 Å². The number of carbonyl (C=O) groups is 2. The molecule has 34 heavy (non-hydrogen) atoms. The zero-order valence-electron chi connectivity index (χ0n) is 19.0. The number of nitrogens with zero attached hydrogens (tertiary/aromatic N) is 1. The van der Waals surface area contributed by atoms with Crippen molar-refractivity contribution in [1.29, 1.82) is 0 Å². The average Bonchev–Trinajstić information content (AvgIpc) is 3.31. The molecular weight excluding hydrogens is 488 g/mol. The molecule has 1 N–H and O–H groups in total. The number of anilines is 1. The maximum atomic E-state index is 13.9. The molecule has 6 rings (SSSR count). The van der Waals surface area contributed by atoms with Gasteiger partial charge in [0.05, 0.1) is 22.3 Å². The molecule has 4 aromatic carbocycles. The number of halogens is 1. The molecule has 0 spiro atoms. The molecule has 0 aliphatic carbocycles. The van der Waals surface area contributed by atoms with Crippen molar-refractivity contribution in [2.24, 2.45) is 0 Å². The van der Waals surface area contributed by atoms with Crippen molar-refractivity contribution >= 4 is 55.2 Å². The van der Waals surface area contributed by atoms with E-state index in [0.717, 1.165) is 54.1 Å². The molecule has 0 fully saturated rings. The fraction of sp³-hybridized carbons (Fsp3) is 0.103. The molecule has 2 amide bonds. The van der Waals surface area contributed by atoms with Gasteiger partial charge in [0.15, 0.2) is 0 Å². The summed E-state index contributed by atoms with van der Waals surface area (Å²) in [6, 6.07) is 21.7. The Morgan fingerprint density at radius 3 is 2.24 bits per heavy atom. The number of rotatable bonds is 2. The second kappa shape index (κ2) is 7.40. The Bertz CT molecular complexity index is 1670. The maximum Gasteiger partial charge on any atom is 0.266 e. The average molecular weight is 509 g/mol. The molecule has 5 heteroatoms. The summed E-state index contributed by atoms with van der Waals surface area (Å²) in [7, 11) is 0. The van der Waals surface area contributed by atoms with Gasteiger partial charge in [0, 0.05) is 26.3 Å². The molecule has 0 saturated carbocycles. The number of aryl methyl sites for hydroxylation is 3. The zero-order chi connectivity index (χ0) is 23.7. The van der Waals surface area contributed by atoms with Gasteiger partial charge in [-0.1, -0.05) is 70.0 Å². The first kappa shape index (κ1) is 20.9. The minimum atomic E-state index is -0.280. The van der Waals surface area contributed by atoms with E-state index in [-0.39, 0.29) is 11.8 Å². The van der Waals surface area contributed by atoms with Crippen LogP contribution < -0.4 is 4.90 Å². The molecule has 166 valence electrons. The number of aromatic nitrogens is 1. The minimum absolute atomic E-state index is 0.276. The van der Waals surface area contributed by atoms with Gasteiger partial charge in [-0.15, -0.1) is 0 Å². The second-order valence-corrected chi connectivity index (χ2v) is 9.79. The zero-order valence-corrected chi connectivity index (χ0v) is 20.6. The van der Waals surface area contributed by atoms with Gasteiger partial charge in [-0.3, -0.25) is 9.59 Å². The summed E-state index contributed by atoms with van der Waals surface area (Å²) < 4.78 is 0.978. The number of carbonyl (C=O) groups excluding carboxylic acids is 2. The van der Waals surface area contributed by atoms with E-state index < -0.39 is 0 Å². The summed E-state index contributed by atoms with van der Waals surface area (Å²) in [6.45, 7) is 5.91. The molecule has 0 unspecified atom stereocenters. The van der Waals surface area contributed by atoms with Gasteiger partial charge >= 0.3 is 0 Å². The third-order valence-corrected chi connectivity index (χ3v) is 7.34. The van der Waals surface area contributed by atoms with Gasteiger partial charge in [0.2, 0.25) is 0 Å². The van der Waals surface area contributed by atoms with Gasteiger partial charge in [0.25, 0.3) is 11.8 Å². The lowest BCUT2D eigenvalue weighted by molar-refractivity contribution is 0.0926. The van der Waals surface area contributed by atoms with E-state index in [1.807, 2.05) is 75.4 Å². The Balaban J connectivity index is 1.60. The topological polar surface area (TPSA) is 53.2 Å². The highest BCUT2D eigenvalue weighted by Crippen LogP contribution is 2.42. The number of benzene rings is 4. The predicted molar refractivity (Wildman–Crippen MR) is 141 cm³/mol. The minimum Gasteiger partial charge on any atom is -0.354 e. The molecule has 5 aromatic rings. The van der Waals surface area contributed by atoms with E-state index in [0.29, 0.717) is 16.8 Å². The van der Waals surface area contributed by atoms with Gasteiger partial charge in [-0.05, 0) is 55.7 Å². The summed E-state index contributed by atoms with van der Waals surface area (Å²) >= 11 is 3.70. The number of para-hydroxylation sites is 1. The summed E-state index contributed by atoms with van der Waals surface area (Å²) in [6.07, 6.45) is 0. The first-order valence-corrected chi connectivity index (χ1v) is 11.9. The maximum absolute atomic E-state index is 13.9. The smallest absolute Gasteiger partial charge is 0.266 e. The van der Waals surface area contributed by atoms with Crippen LogP contribution in [0.4, 0.5) is 5.69 Å². The number of hydrogen-bond donors (Lipinski definition) is 1. The third-order valence-electron chi connectivity index (χ3n) is 6.67. The first-order chi connectivity index (χ1) is 16.4. The monoisotopic (exact) mass is 508 g/mol. The van der Waals surface area contributed by atoms with E-state index in [4.69, 9.17) is 0 Å². The summed E-state index contributed by atoms with van der Waals surface area (Å²) in [5.74, 6) is -0.556. The largest absolute Gasteiger partial charge is 0.354 e. The Morgan fingerprint density at radius 2 is 1.47 bits per heavy atom. The van der Waals surface area contributed by atoms with Crippen molar-refractivity contribution in [3.63, 3.8) is 0 Å². The van der Waals surface area contributed by atoms with Crippen molar-refractivity contribution in [2.45, 2.75) is 20.8 Å². The Morgan fingerprint density at radius 1 is 0.765 bits per heavy atom. The number of hydrogen-bond acceptors (Lipinski definition) is 2. The van der Waals surface area contributed by atoms with Crippen LogP contribution in [0.5, 0.6) is 0 Å². The molecule has 1 aliphatic rings. The first-order valence-electron chi connectivity index (χ1n) is 11.2. The predicted octanol–water partition coefficient (Wildman–Crippen LogP) is 7.48. The lowest BCUT2D eigenvalue weighted by Crippen LogP contribution is -2.31. The van der Waals surface area contributed by atoms with Crippen molar-refractivity contribution in [1.82, 2.24) is 4.98 Å². The molecule has 1 aromatic heterocycles. The number of H-pyrrole nitrogens is 1. The Labute approximate surface area is 205 Å². The summed E-state index contributed by atoms with van der Waals surface area (Å²) in [5, 5.41) is 2.17. The van der Waals surface area contributed by atoms with Crippen LogP contribution in [0.25, 0.3) is 32.9 Å². The van der Waals surface area contributed by atoms with E-state index in [9.17, 15) is 9.59 Å². The summed E-state index contributed by atoms with van der Waals surface area (Å²) in [4.78, 5) is 32.3. The quantitative estimate of drug-likeness (QED) is 0.251. The van der Waals surface area contributed by atoms with Crippen molar-refractivity contribution in [3.05, 3.63) is 99.0 Å². The van der Waals surface area contributed by atoms with Crippen LogP contribution in [0.15, 0.2) is 71.2 Å². The van der Waals surface area contributed by atoms with Crippen LogP contribution in [0.2, 0.25) is 0 Å². The van der Waals surface area contributed by atoms with Crippen LogP contribution in [0, 0.1) is 20.8 Å². The fourth-order valence-corrected chi connectivity index (χ4v) is 5.92. The molecule has 1 aliphatic heterocycles. The van der Waals surface area contributed by atoms with Gasteiger partial charge in [-0.2, -0.15) is 0 Å². The van der Waals surface area contributed by atoms with Gasteiger partial charge in [0.1, 0.15) is 0 Å². The van der Waals surface area contributed by atoms with Crippen molar-refractivity contribution in [3.8, 4) is 11.1 Å². The van der Waals surface area contributed by atoms with Crippen molar-refractivity contribution < 1.29 is 9.59 Å². The molecule has 0 saturated heterocycles. The number of imide groups is 1. The number of fused-ring (bicyclic) bond motifs is 4. The third kappa shape index (κ3) is 2.83. The molecule has 0 atom stereocenters. The van der Waals surface area contributed by atoms with Crippen LogP contribution >= 0.6 is 15.9 Å². The summed E-state index contributed by atoms with van der Waals surface area (Å²) in [5.41, 5.74) is 8.10. The fourth-order valence-electron chi connectivity index (χ4n) is 5.38. The number of aromatic amines is 1. The highest BCUT2D eigenvalue weighted by Gasteiger charge is 2.40. The standard InChI is InChI=1S/C29H21BrN2O2/c1-15-13-16(2)27(17(3)14-15)32-28(33)21-9-6-8-18(24(21)29(32)34)19-11-12-22(30)25-20-7-4-5-10-23(20)31-26(19)25/h4-14,31H,1-3H3.